The second-order valence-corrected chi connectivity index (χ2v) is 12.5. The lowest BCUT2D eigenvalue weighted by atomic mass is 9.57. The number of imide groups is 1. The maximum atomic E-state index is 15.5. The first-order chi connectivity index (χ1) is 22.4. The number of hydrogen-bond donors (Lipinski definition) is 0. The number of ether oxygens (including phenoxy) is 1. The number of para-hydroxylation sites is 2. The minimum atomic E-state index is -1.80. The van der Waals surface area contributed by atoms with Gasteiger partial charge in [-0.2, -0.15) is 0 Å². The van der Waals surface area contributed by atoms with Crippen molar-refractivity contribution in [2.75, 3.05) is 9.80 Å². The molecule has 0 bridgehead atoms. The summed E-state index contributed by atoms with van der Waals surface area (Å²) in [6, 6.07) is 41.7. The molecule has 3 heterocycles. The normalized spacial score (nSPS) is 24.6. The second-order valence-electron chi connectivity index (χ2n) is 12.0. The fourth-order valence-electron chi connectivity index (χ4n) is 7.99. The van der Waals surface area contributed by atoms with Gasteiger partial charge < -0.3 is 9.64 Å². The Kier molecular flexibility index (Phi) is 6.50. The third-order valence-electron chi connectivity index (χ3n) is 9.71. The summed E-state index contributed by atoms with van der Waals surface area (Å²) in [4.78, 5) is 47.3. The van der Waals surface area contributed by atoms with Gasteiger partial charge in [0.05, 0.1) is 24.0 Å². The summed E-state index contributed by atoms with van der Waals surface area (Å²) in [5, 5.41) is 0.559. The number of fused-ring (bicyclic) bond motifs is 5. The molecule has 3 amide bonds. The van der Waals surface area contributed by atoms with Crippen LogP contribution in [0.3, 0.4) is 0 Å². The first-order valence-corrected chi connectivity index (χ1v) is 15.7. The molecule has 5 aromatic carbocycles. The van der Waals surface area contributed by atoms with E-state index in [2.05, 4.69) is 0 Å². The van der Waals surface area contributed by atoms with Crippen LogP contribution in [0.1, 0.15) is 46.8 Å². The molecule has 8 rings (SSSR count). The molecule has 0 unspecified atom stereocenters. The summed E-state index contributed by atoms with van der Waals surface area (Å²) >= 11 is 6.34. The minimum absolute atomic E-state index is 0.283. The summed E-state index contributed by atoms with van der Waals surface area (Å²) in [6.07, 6.45) is -0.753. The van der Waals surface area contributed by atoms with E-state index in [-0.39, 0.29) is 12.5 Å². The van der Waals surface area contributed by atoms with Gasteiger partial charge in [-0.05, 0) is 46.5 Å². The largest absolute Gasteiger partial charge is 0.350 e. The van der Waals surface area contributed by atoms with Crippen molar-refractivity contribution < 1.29 is 19.1 Å². The zero-order valence-electron chi connectivity index (χ0n) is 25.0. The quantitative estimate of drug-likeness (QED) is 0.208. The van der Waals surface area contributed by atoms with E-state index in [1.807, 2.05) is 115 Å². The average Bonchev–Trinajstić information content (AvgIpc) is 3.64. The molecule has 3 aliphatic heterocycles. The number of anilines is 2. The molecule has 6 nitrogen and oxygen atoms in total. The number of carbonyl (C=O) groups excluding carboxylic acids is 3. The standard InChI is InChI=1S/C39H29ClN2O4/c1-25(43)42-33-19-11-8-16-30(33)38(36(42)44)34(27-14-6-3-7-15-27)35(28-20-22-29(40)23-21-28)46-39(38)31-17-9-10-18-32(31)41(37(39)45)24-26-12-4-2-5-13-26/h2-23,34-35H,24H2,1H3/t34-,35-,38-,39-/m0/s1. The SMILES string of the molecule is CC(=O)N1C(=O)[C@]2(c3ccccc31)[C@@H](c1ccccc1)[C@H](c1ccc(Cl)cc1)O[C@@]21C(=O)N(Cc2ccccc2)c2ccccc21. The van der Waals surface area contributed by atoms with Crippen molar-refractivity contribution in [3.63, 3.8) is 0 Å². The molecule has 0 aromatic heterocycles. The van der Waals surface area contributed by atoms with Gasteiger partial charge >= 0.3 is 0 Å². The van der Waals surface area contributed by atoms with E-state index in [4.69, 9.17) is 16.3 Å². The minimum Gasteiger partial charge on any atom is -0.350 e. The Morgan fingerprint density at radius 1 is 0.696 bits per heavy atom. The highest BCUT2D eigenvalue weighted by Crippen LogP contribution is 2.72. The molecule has 0 radical (unpaired) electrons. The molecule has 1 fully saturated rings. The van der Waals surface area contributed by atoms with E-state index in [1.165, 1.54) is 11.8 Å². The maximum Gasteiger partial charge on any atom is 0.265 e. The highest BCUT2D eigenvalue weighted by Gasteiger charge is 2.80. The van der Waals surface area contributed by atoms with Gasteiger partial charge in [-0.25, -0.2) is 4.90 Å². The summed E-state index contributed by atoms with van der Waals surface area (Å²) in [5.41, 5.74) is 1.41. The molecule has 0 N–H and O–H groups in total. The van der Waals surface area contributed by atoms with Gasteiger partial charge in [0, 0.05) is 23.4 Å². The topological polar surface area (TPSA) is 66.9 Å². The first kappa shape index (κ1) is 28.4. The van der Waals surface area contributed by atoms with E-state index in [1.54, 1.807) is 23.1 Å². The van der Waals surface area contributed by atoms with Crippen molar-refractivity contribution in [3.8, 4) is 0 Å². The molecule has 0 aliphatic carbocycles. The number of halogens is 1. The van der Waals surface area contributed by atoms with Crippen molar-refractivity contribution in [1.29, 1.82) is 0 Å². The third kappa shape index (κ3) is 3.71. The highest BCUT2D eigenvalue weighted by molar-refractivity contribution is 6.30. The highest BCUT2D eigenvalue weighted by atomic mass is 35.5. The van der Waals surface area contributed by atoms with Crippen LogP contribution in [0.4, 0.5) is 11.4 Å². The Morgan fingerprint density at radius 3 is 1.96 bits per heavy atom. The smallest absolute Gasteiger partial charge is 0.265 e. The maximum absolute atomic E-state index is 15.5. The Balaban J connectivity index is 1.49. The molecule has 46 heavy (non-hydrogen) atoms. The Bertz CT molecular complexity index is 2020. The van der Waals surface area contributed by atoms with Crippen molar-refractivity contribution in [2.45, 2.75) is 36.5 Å². The summed E-state index contributed by atoms with van der Waals surface area (Å²) in [5.74, 6) is -1.94. The van der Waals surface area contributed by atoms with Gasteiger partial charge in [-0.3, -0.25) is 14.4 Å². The van der Waals surface area contributed by atoms with Crippen molar-refractivity contribution in [1.82, 2.24) is 0 Å². The van der Waals surface area contributed by atoms with Crippen molar-refractivity contribution >= 4 is 40.7 Å². The molecule has 5 aromatic rings. The Hall–Kier alpha value is -5.04. The Labute approximate surface area is 271 Å². The van der Waals surface area contributed by atoms with Crippen LogP contribution in [0.25, 0.3) is 0 Å². The van der Waals surface area contributed by atoms with Crippen LogP contribution in [0.15, 0.2) is 133 Å². The number of amides is 3. The molecule has 4 atom stereocenters. The number of benzene rings is 5. The summed E-state index contributed by atoms with van der Waals surface area (Å²) in [6.45, 7) is 1.67. The zero-order chi connectivity index (χ0) is 31.6. The fraction of sp³-hybridized carbons (Fsp3) is 0.154. The van der Waals surface area contributed by atoms with Crippen LogP contribution < -0.4 is 9.80 Å². The van der Waals surface area contributed by atoms with Crippen molar-refractivity contribution in [2.24, 2.45) is 0 Å². The number of rotatable bonds is 4. The molecule has 226 valence electrons. The van der Waals surface area contributed by atoms with Crippen LogP contribution in [0.5, 0.6) is 0 Å². The van der Waals surface area contributed by atoms with Crippen molar-refractivity contribution in [3.05, 3.63) is 166 Å². The van der Waals surface area contributed by atoms with Gasteiger partial charge in [0.25, 0.3) is 5.91 Å². The van der Waals surface area contributed by atoms with Gasteiger partial charge in [0.15, 0.2) is 5.60 Å². The lowest BCUT2D eigenvalue weighted by molar-refractivity contribution is -0.154. The zero-order valence-corrected chi connectivity index (χ0v) is 25.7. The number of carbonyl (C=O) groups is 3. The first-order valence-electron chi connectivity index (χ1n) is 15.3. The van der Waals surface area contributed by atoms with E-state index in [0.717, 1.165) is 16.7 Å². The molecule has 7 heteroatoms. The van der Waals surface area contributed by atoms with Gasteiger partial charge in [-0.15, -0.1) is 0 Å². The van der Waals surface area contributed by atoms with E-state index in [0.29, 0.717) is 27.5 Å². The lowest BCUT2D eigenvalue weighted by Gasteiger charge is -2.40. The van der Waals surface area contributed by atoms with E-state index in [9.17, 15) is 4.79 Å². The van der Waals surface area contributed by atoms with E-state index < -0.39 is 34.9 Å². The molecule has 1 saturated heterocycles. The molecular weight excluding hydrogens is 596 g/mol. The second kappa shape index (κ2) is 10.5. The average molecular weight is 625 g/mol. The lowest BCUT2D eigenvalue weighted by Crippen LogP contribution is -2.59. The number of nitrogens with zero attached hydrogens (tertiary/aromatic N) is 2. The summed E-state index contributed by atoms with van der Waals surface area (Å²) < 4.78 is 7.31. The molecule has 3 aliphatic rings. The van der Waals surface area contributed by atoms with E-state index >= 15 is 9.59 Å². The van der Waals surface area contributed by atoms with Crippen LogP contribution in [-0.2, 0) is 36.7 Å². The van der Waals surface area contributed by atoms with Crippen LogP contribution >= 0.6 is 11.6 Å². The van der Waals surface area contributed by atoms with Gasteiger partial charge in [0.1, 0.15) is 5.41 Å². The predicted octanol–water partition coefficient (Wildman–Crippen LogP) is 7.47. The third-order valence-corrected chi connectivity index (χ3v) is 9.97. The van der Waals surface area contributed by atoms with Gasteiger partial charge in [-0.1, -0.05) is 121 Å². The predicted molar refractivity (Wildman–Crippen MR) is 176 cm³/mol. The molecule has 0 saturated carbocycles. The molecule has 2 spiro atoms. The van der Waals surface area contributed by atoms with Crippen LogP contribution in [0.2, 0.25) is 5.02 Å². The number of hydrogen-bond acceptors (Lipinski definition) is 4. The van der Waals surface area contributed by atoms with Crippen LogP contribution in [0, 0.1) is 0 Å². The van der Waals surface area contributed by atoms with Gasteiger partial charge in [0.2, 0.25) is 11.8 Å². The molecular formula is C39H29ClN2O4. The Morgan fingerprint density at radius 2 is 1.28 bits per heavy atom. The van der Waals surface area contributed by atoms with Crippen LogP contribution in [-0.4, -0.2) is 17.7 Å². The summed E-state index contributed by atoms with van der Waals surface area (Å²) in [7, 11) is 0. The fourth-order valence-corrected chi connectivity index (χ4v) is 8.12. The monoisotopic (exact) mass is 624 g/mol.